The van der Waals surface area contributed by atoms with Gasteiger partial charge in [0.25, 0.3) is 0 Å². The van der Waals surface area contributed by atoms with Gasteiger partial charge in [-0.05, 0) is 25.7 Å². The van der Waals surface area contributed by atoms with E-state index in [4.69, 9.17) is 5.11 Å². The van der Waals surface area contributed by atoms with Gasteiger partial charge in [-0.3, -0.25) is 4.79 Å². The fourth-order valence-corrected chi connectivity index (χ4v) is 2.47. The predicted molar refractivity (Wildman–Crippen MR) is 46.6 cm³/mol. The predicted octanol–water partition coefficient (Wildman–Crippen LogP) is 2.77. The number of rotatable bonds is 2. The molecule has 0 atom stereocenters. The zero-order chi connectivity index (χ0) is 11.3. The van der Waals surface area contributed by atoms with Crippen LogP contribution < -0.4 is 0 Å². The standard InChI is InChI=1S/C10H13F3O2/c11-9(8(1-2-8)7(14)15)3-5-10(12,13)6-4-9/h1-6H2,(H,14,15). The lowest BCUT2D eigenvalue weighted by Crippen LogP contribution is -2.45. The first-order valence-electron chi connectivity index (χ1n) is 5.12. The van der Waals surface area contributed by atoms with Gasteiger partial charge < -0.3 is 5.11 Å². The SMILES string of the molecule is O=C(O)C1(C2(F)CCC(F)(F)CC2)CC1. The Bertz CT molecular complexity index is 287. The van der Waals surface area contributed by atoms with Gasteiger partial charge >= 0.3 is 5.97 Å². The number of carbonyl (C=O) groups is 1. The molecule has 1 N–H and O–H groups in total. The van der Waals surface area contributed by atoms with E-state index in [9.17, 15) is 18.0 Å². The third kappa shape index (κ3) is 1.52. The molecule has 0 amide bonds. The highest BCUT2D eigenvalue weighted by Crippen LogP contribution is 2.62. The van der Waals surface area contributed by atoms with Crippen molar-refractivity contribution in [2.24, 2.45) is 5.41 Å². The van der Waals surface area contributed by atoms with Crippen LogP contribution in [0.15, 0.2) is 0 Å². The van der Waals surface area contributed by atoms with Crippen LogP contribution in [0.2, 0.25) is 0 Å². The Labute approximate surface area is 85.5 Å². The molecule has 0 bridgehead atoms. The van der Waals surface area contributed by atoms with Crippen LogP contribution >= 0.6 is 0 Å². The number of hydrogen-bond acceptors (Lipinski definition) is 1. The Morgan fingerprint density at radius 1 is 0.933 bits per heavy atom. The molecule has 0 aromatic rings. The van der Waals surface area contributed by atoms with Crippen LogP contribution in [-0.4, -0.2) is 22.7 Å². The first-order valence-corrected chi connectivity index (χ1v) is 5.12. The van der Waals surface area contributed by atoms with Crippen molar-refractivity contribution < 1.29 is 23.1 Å². The lowest BCUT2D eigenvalue weighted by molar-refractivity contribution is -0.157. The molecule has 0 unspecified atom stereocenters. The van der Waals surface area contributed by atoms with Crippen molar-refractivity contribution >= 4 is 5.97 Å². The summed E-state index contributed by atoms with van der Waals surface area (Å²) in [6.07, 6.45) is -1.15. The van der Waals surface area contributed by atoms with E-state index in [1.807, 2.05) is 0 Å². The van der Waals surface area contributed by atoms with E-state index in [1.54, 1.807) is 0 Å². The van der Waals surface area contributed by atoms with Gasteiger partial charge in [-0.2, -0.15) is 0 Å². The summed E-state index contributed by atoms with van der Waals surface area (Å²) in [5.74, 6) is -3.99. The molecule has 2 aliphatic carbocycles. The number of hydrogen-bond donors (Lipinski definition) is 1. The van der Waals surface area contributed by atoms with E-state index in [-0.39, 0.29) is 25.7 Å². The van der Waals surface area contributed by atoms with Gasteiger partial charge in [-0.25, -0.2) is 13.2 Å². The van der Waals surface area contributed by atoms with Crippen molar-refractivity contribution in [2.75, 3.05) is 0 Å². The van der Waals surface area contributed by atoms with E-state index in [2.05, 4.69) is 0 Å². The molecule has 0 saturated heterocycles. The lowest BCUT2D eigenvalue weighted by atomic mass is 9.73. The van der Waals surface area contributed by atoms with Crippen LogP contribution in [0.25, 0.3) is 0 Å². The van der Waals surface area contributed by atoms with Crippen LogP contribution in [0.3, 0.4) is 0 Å². The van der Waals surface area contributed by atoms with Crippen LogP contribution in [0.4, 0.5) is 13.2 Å². The fraction of sp³-hybridized carbons (Fsp3) is 0.900. The Kier molecular flexibility index (Phi) is 2.07. The van der Waals surface area contributed by atoms with E-state index in [0.717, 1.165) is 0 Å². The molecule has 2 aliphatic rings. The summed E-state index contributed by atoms with van der Waals surface area (Å²) in [7, 11) is 0. The quantitative estimate of drug-likeness (QED) is 0.780. The molecule has 0 spiro atoms. The molecule has 0 heterocycles. The average Bonchev–Trinajstić information content (AvgIpc) is 2.91. The molecule has 86 valence electrons. The van der Waals surface area contributed by atoms with Crippen LogP contribution in [-0.2, 0) is 4.79 Å². The average molecular weight is 222 g/mol. The summed E-state index contributed by atoms with van der Waals surface area (Å²) in [5.41, 5.74) is -3.27. The summed E-state index contributed by atoms with van der Waals surface area (Å²) >= 11 is 0. The Hall–Kier alpha value is -0.740. The van der Waals surface area contributed by atoms with Crippen molar-refractivity contribution in [3.63, 3.8) is 0 Å². The second kappa shape index (κ2) is 2.89. The Morgan fingerprint density at radius 3 is 1.73 bits per heavy atom. The Morgan fingerprint density at radius 2 is 1.40 bits per heavy atom. The third-order valence-corrected chi connectivity index (χ3v) is 3.79. The topological polar surface area (TPSA) is 37.3 Å². The first-order chi connectivity index (χ1) is 6.81. The molecule has 2 rings (SSSR count). The highest BCUT2D eigenvalue weighted by molar-refractivity contribution is 5.79. The lowest BCUT2D eigenvalue weighted by Gasteiger charge is -2.37. The smallest absolute Gasteiger partial charge is 0.312 e. The normalized spacial score (nSPS) is 30.9. The van der Waals surface area contributed by atoms with E-state index < -0.39 is 35.8 Å². The fourth-order valence-electron chi connectivity index (χ4n) is 2.47. The molecule has 0 aromatic heterocycles. The third-order valence-electron chi connectivity index (χ3n) is 3.79. The van der Waals surface area contributed by atoms with Crippen LogP contribution in [0, 0.1) is 5.41 Å². The number of alkyl halides is 3. The van der Waals surface area contributed by atoms with E-state index >= 15 is 0 Å². The number of carboxylic acids is 1. The minimum Gasteiger partial charge on any atom is -0.481 e. The van der Waals surface area contributed by atoms with Crippen molar-refractivity contribution in [1.29, 1.82) is 0 Å². The molecular weight excluding hydrogens is 209 g/mol. The number of carboxylic acid groups (broad SMARTS) is 1. The molecule has 15 heavy (non-hydrogen) atoms. The van der Waals surface area contributed by atoms with Gasteiger partial charge in [0, 0.05) is 12.8 Å². The molecule has 2 saturated carbocycles. The molecular formula is C10H13F3O2. The highest BCUT2D eigenvalue weighted by atomic mass is 19.3. The summed E-state index contributed by atoms with van der Waals surface area (Å²) in [6.45, 7) is 0. The molecule has 2 fully saturated rings. The van der Waals surface area contributed by atoms with Gasteiger partial charge in [0.05, 0.1) is 0 Å². The Balaban J connectivity index is 2.13. The van der Waals surface area contributed by atoms with Gasteiger partial charge in [-0.15, -0.1) is 0 Å². The van der Waals surface area contributed by atoms with E-state index in [0.29, 0.717) is 0 Å². The maximum Gasteiger partial charge on any atom is 0.312 e. The van der Waals surface area contributed by atoms with E-state index in [1.165, 1.54) is 0 Å². The first kappa shape index (κ1) is 10.8. The number of halogens is 3. The van der Waals surface area contributed by atoms with Gasteiger partial charge in [0.15, 0.2) is 0 Å². The summed E-state index contributed by atoms with van der Waals surface area (Å²) in [4.78, 5) is 10.9. The van der Waals surface area contributed by atoms with Crippen LogP contribution in [0.1, 0.15) is 38.5 Å². The van der Waals surface area contributed by atoms with Gasteiger partial charge in [-0.1, -0.05) is 0 Å². The second-order valence-corrected chi connectivity index (χ2v) is 4.71. The minimum absolute atomic E-state index is 0.282. The highest BCUT2D eigenvalue weighted by Gasteiger charge is 2.67. The summed E-state index contributed by atoms with van der Waals surface area (Å²) in [6, 6.07) is 0. The van der Waals surface area contributed by atoms with Crippen molar-refractivity contribution in [1.82, 2.24) is 0 Å². The largest absolute Gasteiger partial charge is 0.481 e. The van der Waals surface area contributed by atoms with Crippen molar-refractivity contribution in [3.8, 4) is 0 Å². The van der Waals surface area contributed by atoms with Crippen LogP contribution in [0.5, 0.6) is 0 Å². The minimum atomic E-state index is -2.82. The molecule has 2 nitrogen and oxygen atoms in total. The maximum absolute atomic E-state index is 14.3. The maximum atomic E-state index is 14.3. The molecule has 5 heteroatoms. The van der Waals surface area contributed by atoms with Gasteiger partial charge in [0.2, 0.25) is 5.92 Å². The van der Waals surface area contributed by atoms with Crippen molar-refractivity contribution in [2.45, 2.75) is 50.1 Å². The van der Waals surface area contributed by atoms with Crippen molar-refractivity contribution in [3.05, 3.63) is 0 Å². The molecule has 0 aliphatic heterocycles. The summed E-state index contributed by atoms with van der Waals surface area (Å²) in [5, 5.41) is 8.92. The van der Waals surface area contributed by atoms with Gasteiger partial charge in [0.1, 0.15) is 11.1 Å². The zero-order valence-corrected chi connectivity index (χ0v) is 8.23. The monoisotopic (exact) mass is 222 g/mol. The molecule has 0 radical (unpaired) electrons. The number of aliphatic carboxylic acids is 1. The second-order valence-electron chi connectivity index (χ2n) is 4.71. The molecule has 0 aromatic carbocycles. The summed E-state index contributed by atoms with van der Waals surface area (Å²) < 4.78 is 40.0. The zero-order valence-electron chi connectivity index (χ0n) is 8.23.